The van der Waals surface area contributed by atoms with Crippen LogP contribution in [0.1, 0.15) is 44.7 Å². The molecule has 1 aromatic carbocycles. The Morgan fingerprint density at radius 1 is 1.37 bits per heavy atom. The Morgan fingerprint density at radius 3 is 2.63 bits per heavy atom. The minimum absolute atomic E-state index is 0.338. The van der Waals surface area contributed by atoms with Crippen molar-refractivity contribution < 1.29 is 19.5 Å². The van der Waals surface area contributed by atoms with E-state index in [0.29, 0.717) is 18.7 Å². The monoisotopic (exact) mass is 372 g/mol. The minimum atomic E-state index is -1.41. The topological polar surface area (TPSA) is 86.7 Å². The second kappa shape index (κ2) is 8.37. The highest BCUT2D eigenvalue weighted by Crippen LogP contribution is 2.34. The Bertz CT molecular complexity index is 754. The zero-order chi connectivity index (χ0) is 20.2. The number of likely N-dealkylation sites (N-methyl/N-ethyl adjacent to an activating group) is 1. The van der Waals surface area contributed by atoms with E-state index in [-0.39, 0.29) is 0 Å². The summed E-state index contributed by atoms with van der Waals surface area (Å²) in [6.45, 7) is 4.98. The molecule has 2 N–H and O–H groups in total. The van der Waals surface area contributed by atoms with Crippen molar-refractivity contribution in [1.29, 1.82) is 0 Å². The van der Waals surface area contributed by atoms with E-state index in [4.69, 9.17) is 0 Å². The third kappa shape index (κ3) is 4.76. The van der Waals surface area contributed by atoms with Crippen LogP contribution in [0.25, 0.3) is 5.57 Å². The van der Waals surface area contributed by atoms with Crippen LogP contribution < -0.4 is 5.32 Å². The molecule has 2 amide bonds. The number of aliphatic carboxylic acids is 1. The molecule has 1 aliphatic rings. The molecule has 0 fully saturated rings. The Kier molecular flexibility index (Phi) is 6.41. The van der Waals surface area contributed by atoms with Gasteiger partial charge in [-0.3, -0.25) is 9.59 Å². The van der Waals surface area contributed by atoms with Gasteiger partial charge in [-0.25, -0.2) is 4.79 Å². The van der Waals surface area contributed by atoms with E-state index < -0.39 is 23.5 Å². The number of carbonyl (C=O) groups is 3. The van der Waals surface area contributed by atoms with Gasteiger partial charge in [0, 0.05) is 13.5 Å². The first-order valence-electron chi connectivity index (χ1n) is 9.21. The van der Waals surface area contributed by atoms with Gasteiger partial charge < -0.3 is 15.3 Å². The Labute approximate surface area is 160 Å². The number of hydrogen-bond donors (Lipinski definition) is 2. The number of nitrogens with one attached hydrogen (secondary N) is 1. The molecule has 146 valence electrons. The maximum atomic E-state index is 12.8. The van der Waals surface area contributed by atoms with E-state index >= 15 is 0 Å². The molecule has 1 aromatic rings. The van der Waals surface area contributed by atoms with Gasteiger partial charge in [0.05, 0.1) is 0 Å². The number of rotatable bonds is 8. The molecular formula is C21H28N2O4. The largest absolute Gasteiger partial charge is 0.480 e. The van der Waals surface area contributed by atoms with Crippen molar-refractivity contribution in [2.24, 2.45) is 5.92 Å². The van der Waals surface area contributed by atoms with Gasteiger partial charge in [-0.1, -0.05) is 37.3 Å². The Hall–Kier alpha value is -2.63. The van der Waals surface area contributed by atoms with Crippen LogP contribution in [0.5, 0.6) is 0 Å². The molecular weight excluding hydrogens is 344 g/mol. The first-order valence-corrected chi connectivity index (χ1v) is 9.21. The summed E-state index contributed by atoms with van der Waals surface area (Å²) < 4.78 is 0. The number of carbonyl (C=O) groups excluding carboxylic acids is 2. The number of hydrogen-bond acceptors (Lipinski definition) is 3. The molecule has 0 saturated carbocycles. The lowest BCUT2D eigenvalue weighted by Crippen LogP contribution is -2.55. The zero-order valence-electron chi connectivity index (χ0n) is 16.4. The molecule has 0 bridgehead atoms. The van der Waals surface area contributed by atoms with Crippen LogP contribution in [-0.4, -0.2) is 46.9 Å². The average molecular weight is 372 g/mol. The number of allylic oxidation sites excluding steroid dienone is 1. The molecule has 1 unspecified atom stereocenters. The van der Waals surface area contributed by atoms with Gasteiger partial charge in [0.2, 0.25) is 12.3 Å². The summed E-state index contributed by atoms with van der Waals surface area (Å²) >= 11 is 0. The SMILES string of the molecule is CCC1C=C(C[C@H](C(=O)NC(C)(C)C(=O)O)N(C)C=O)c2ccccc2C1. The van der Waals surface area contributed by atoms with Crippen molar-refractivity contribution in [1.82, 2.24) is 10.2 Å². The van der Waals surface area contributed by atoms with Gasteiger partial charge in [-0.05, 0) is 49.3 Å². The van der Waals surface area contributed by atoms with E-state index in [9.17, 15) is 19.5 Å². The highest BCUT2D eigenvalue weighted by atomic mass is 16.4. The molecule has 0 aliphatic heterocycles. The van der Waals surface area contributed by atoms with Crippen LogP contribution in [0.15, 0.2) is 30.3 Å². The second-order valence-electron chi connectivity index (χ2n) is 7.63. The van der Waals surface area contributed by atoms with Gasteiger partial charge >= 0.3 is 5.97 Å². The van der Waals surface area contributed by atoms with Crippen molar-refractivity contribution in [3.63, 3.8) is 0 Å². The first kappa shape index (κ1) is 20.7. The highest BCUT2D eigenvalue weighted by molar-refractivity contribution is 5.91. The van der Waals surface area contributed by atoms with Crippen molar-refractivity contribution in [3.8, 4) is 0 Å². The predicted octanol–water partition coefficient (Wildman–Crippen LogP) is 2.48. The maximum absolute atomic E-state index is 12.8. The van der Waals surface area contributed by atoms with Gasteiger partial charge in [0.15, 0.2) is 0 Å². The third-order valence-electron chi connectivity index (χ3n) is 5.15. The van der Waals surface area contributed by atoms with E-state index in [0.717, 1.165) is 24.0 Å². The summed E-state index contributed by atoms with van der Waals surface area (Å²) in [5.74, 6) is -1.22. The van der Waals surface area contributed by atoms with Crippen molar-refractivity contribution in [2.45, 2.75) is 51.6 Å². The molecule has 0 spiro atoms. The predicted molar refractivity (Wildman–Crippen MR) is 104 cm³/mol. The lowest BCUT2D eigenvalue weighted by Gasteiger charge is -2.31. The summed E-state index contributed by atoms with van der Waals surface area (Å²) in [5.41, 5.74) is 1.94. The number of carboxylic acid groups (broad SMARTS) is 1. The molecule has 2 atom stereocenters. The summed E-state index contributed by atoms with van der Waals surface area (Å²) in [5, 5.41) is 11.8. The van der Waals surface area contributed by atoms with E-state index in [1.165, 1.54) is 31.4 Å². The first-order chi connectivity index (χ1) is 12.7. The van der Waals surface area contributed by atoms with E-state index in [1.807, 2.05) is 18.2 Å². The summed E-state index contributed by atoms with van der Waals surface area (Å²) in [6, 6.07) is 7.31. The third-order valence-corrected chi connectivity index (χ3v) is 5.15. The lowest BCUT2D eigenvalue weighted by atomic mass is 9.81. The summed E-state index contributed by atoms with van der Waals surface area (Å²) in [7, 11) is 1.54. The lowest BCUT2D eigenvalue weighted by molar-refractivity contribution is -0.147. The van der Waals surface area contributed by atoms with Gasteiger partial charge in [0.25, 0.3) is 0 Å². The van der Waals surface area contributed by atoms with Crippen LogP contribution in [0.4, 0.5) is 0 Å². The minimum Gasteiger partial charge on any atom is -0.480 e. The standard InChI is InChI=1S/C21H28N2O4/c1-5-14-10-15-8-6-7-9-17(15)16(11-14)12-18(23(4)13-24)19(25)22-21(2,3)20(26)27/h6-9,11,13-14,18H,5,10,12H2,1-4H3,(H,22,25)(H,26,27)/t14?,18-/m1/s1. The average Bonchev–Trinajstić information content (AvgIpc) is 2.64. The van der Waals surface area contributed by atoms with Crippen LogP contribution in [0, 0.1) is 5.92 Å². The smallest absolute Gasteiger partial charge is 0.328 e. The number of carboxylic acids is 1. The zero-order valence-corrected chi connectivity index (χ0v) is 16.4. The number of amides is 2. The normalized spacial score (nSPS) is 17.3. The maximum Gasteiger partial charge on any atom is 0.328 e. The molecule has 6 heteroatoms. The molecule has 6 nitrogen and oxygen atoms in total. The van der Waals surface area contributed by atoms with Crippen LogP contribution in [-0.2, 0) is 20.8 Å². The molecule has 2 rings (SSSR count). The van der Waals surface area contributed by atoms with Gasteiger partial charge in [-0.15, -0.1) is 0 Å². The van der Waals surface area contributed by atoms with Crippen LogP contribution >= 0.6 is 0 Å². The van der Waals surface area contributed by atoms with Gasteiger partial charge in [-0.2, -0.15) is 0 Å². The number of fused-ring (bicyclic) bond motifs is 1. The molecule has 0 radical (unpaired) electrons. The fourth-order valence-electron chi connectivity index (χ4n) is 3.32. The molecule has 0 aromatic heterocycles. The highest BCUT2D eigenvalue weighted by Gasteiger charge is 2.34. The molecule has 0 saturated heterocycles. The van der Waals surface area contributed by atoms with Crippen LogP contribution in [0.3, 0.4) is 0 Å². The molecule has 0 heterocycles. The Balaban J connectivity index is 2.32. The molecule has 1 aliphatic carbocycles. The fraction of sp³-hybridized carbons (Fsp3) is 0.476. The number of benzene rings is 1. The Morgan fingerprint density at radius 2 is 2.04 bits per heavy atom. The summed E-state index contributed by atoms with van der Waals surface area (Å²) in [4.78, 5) is 36.8. The quantitative estimate of drug-likeness (QED) is 0.687. The second-order valence-corrected chi connectivity index (χ2v) is 7.63. The number of nitrogens with zero attached hydrogens (tertiary/aromatic N) is 1. The van der Waals surface area contributed by atoms with Crippen molar-refractivity contribution in [3.05, 3.63) is 41.5 Å². The van der Waals surface area contributed by atoms with Gasteiger partial charge in [0.1, 0.15) is 11.6 Å². The van der Waals surface area contributed by atoms with E-state index in [2.05, 4.69) is 24.4 Å². The fourth-order valence-corrected chi connectivity index (χ4v) is 3.32. The van der Waals surface area contributed by atoms with E-state index in [1.54, 1.807) is 0 Å². The molecule has 27 heavy (non-hydrogen) atoms. The van der Waals surface area contributed by atoms with Crippen LogP contribution in [0.2, 0.25) is 0 Å². The summed E-state index contributed by atoms with van der Waals surface area (Å²) in [6.07, 6.45) is 5.07. The van der Waals surface area contributed by atoms with Crippen molar-refractivity contribution >= 4 is 23.9 Å². The van der Waals surface area contributed by atoms with Crippen molar-refractivity contribution in [2.75, 3.05) is 7.05 Å².